The van der Waals surface area contributed by atoms with Crippen LogP contribution in [0.15, 0.2) is 0 Å². The van der Waals surface area contributed by atoms with Crippen molar-refractivity contribution in [2.45, 2.75) is 32.1 Å². The molecule has 1 rings (SSSR count). The molecule has 1 saturated carbocycles. The fourth-order valence-electron chi connectivity index (χ4n) is 1.99. The van der Waals surface area contributed by atoms with E-state index in [1.807, 2.05) is 0 Å². The van der Waals surface area contributed by atoms with Gasteiger partial charge in [0.05, 0.1) is 0 Å². The highest BCUT2D eigenvalue weighted by Crippen LogP contribution is 2.24. The van der Waals surface area contributed by atoms with E-state index in [9.17, 15) is 9.59 Å². The summed E-state index contributed by atoms with van der Waals surface area (Å²) in [6, 6.07) is 0. The summed E-state index contributed by atoms with van der Waals surface area (Å²) in [5.41, 5.74) is 1.52. The van der Waals surface area contributed by atoms with Gasteiger partial charge < -0.3 is 4.90 Å². The van der Waals surface area contributed by atoms with Gasteiger partial charge >= 0.3 is 0 Å². The number of nitrogens with one attached hydrogen (secondary N) is 1. The Kier molecular flexibility index (Phi) is 4.55. The molecule has 0 aromatic heterocycles. The monoisotopic (exact) mass is 214 g/mol. The predicted octanol–water partition coefficient (Wildman–Crippen LogP) is 0.530. The summed E-state index contributed by atoms with van der Waals surface area (Å²) in [6.07, 6.45) is 5.23. The number of carbonyl (C=O) groups is 2. The van der Waals surface area contributed by atoms with Crippen molar-refractivity contribution < 1.29 is 14.8 Å². The third-order valence-electron chi connectivity index (χ3n) is 2.84. The number of rotatable bonds is 3. The smallest absolute Gasteiger partial charge is 0.262 e. The Morgan fingerprint density at radius 3 is 2.47 bits per heavy atom. The molecule has 5 heteroatoms. The van der Waals surface area contributed by atoms with Gasteiger partial charge in [0, 0.05) is 13.0 Å². The van der Waals surface area contributed by atoms with E-state index in [1.54, 1.807) is 7.05 Å². The van der Waals surface area contributed by atoms with Crippen LogP contribution in [-0.2, 0) is 9.59 Å². The first kappa shape index (κ1) is 12.0. The van der Waals surface area contributed by atoms with Crippen molar-refractivity contribution in [1.82, 2.24) is 10.4 Å². The minimum Gasteiger partial charge on any atom is -0.336 e. The van der Waals surface area contributed by atoms with Crippen molar-refractivity contribution in [3.05, 3.63) is 0 Å². The summed E-state index contributed by atoms with van der Waals surface area (Å²) >= 11 is 0. The number of hydrogen-bond donors (Lipinski definition) is 2. The van der Waals surface area contributed by atoms with Gasteiger partial charge in [-0.15, -0.1) is 0 Å². The van der Waals surface area contributed by atoms with Gasteiger partial charge in [-0.05, 0) is 12.8 Å². The molecule has 0 saturated heterocycles. The second-order valence-corrected chi connectivity index (χ2v) is 4.06. The number of hydrogen-bond acceptors (Lipinski definition) is 3. The Labute approximate surface area is 89.4 Å². The molecule has 86 valence electrons. The molecule has 1 aliphatic carbocycles. The van der Waals surface area contributed by atoms with E-state index in [1.165, 1.54) is 16.8 Å². The molecule has 2 N–H and O–H groups in total. The number of likely N-dealkylation sites (N-methyl/N-ethyl adjacent to an activating group) is 1. The Morgan fingerprint density at radius 1 is 1.33 bits per heavy atom. The van der Waals surface area contributed by atoms with Crippen LogP contribution in [0.25, 0.3) is 0 Å². The van der Waals surface area contributed by atoms with Crippen molar-refractivity contribution >= 4 is 11.8 Å². The van der Waals surface area contributed by atoms with E-state index >= 15 is 0 Å². The molecule has 5 nitrogen and oxygen atoms in total. The highest BCUT2D eigenvalue weighted by molar-refractivity contribution is 5.85. The molecule has 0 aliphatic heterocycles. The Hall–Kier alpha value is -1.10. The quantitative estimate of drug-likeness (QED) is 0.532. The molecule has 2 amide bonds. The van der Waals surface area contributed by atoms with E-state index in [-0.39, 0.29) is 18.4 Å². The topological polar surface area (TPSA) is 69.6 Å². The zero-order chi connectivity index (χ0) is 11.3. The van der Waals surface area contributed by atoms with Crippen molar-refractivity contribution in [1.29, 1.82) is 0 Å². The molecule has 0 atom stereocenters. The zero-order valence-electron chi connectivity index (χ0n) is 9.03. The molecule has 15 heavy (non-hydrogen) atoms. The van der Waals surface area contributed by atoms with Gasteiger partial charge in [-0.1, -0.05) is 19.3 Å². The van der Waals surface area contributed by atoms with Crippen LogP contribution in [-0.4, -0.2) is 35.5 Å². The first-order valence-corrected chi connectivity index (χ1v) is 5.33. The predicted molar refractivity (Wildman–Crippen MR) is 54.1 cm³/mol. The van der Waals surface area contributed by atoms with Crippen LogP contribution in [0.1, 0.15) is 32.1 Å². The van der Waals surface area contributed by atoms with Gasteiger partial charge in [-0.3, -0.25) is 14.8 Å². The fourth-order valence-corrected chi connectivity index (χ4v) is 1.99. The van der Waals surface area contributed by atoms with Crippen molar-refractivity contribution in [2.24, 2.45) is 5.92 Å². The lowest BCUT2D eigenvalue weighted by Crippen LogP contribution is -2.40. The number of amides is 2. The summed E-state index contributed by atoms with van der Waals surface area (Å²) in [6.45, 7) is -0.0775. The van der Waals surface area contributed by atoms with Crippen LogP contribution in [0.3, 0.4) is 0 Å². The van der Waals surface area contributed by atoms with E-state index in [0.717, 1.165) is 25.7 Å². The minimum absolute atomic E-state index is 0.0123. The van der Waals surface area contributed by atoms with Crippen LogP contribution < -0.4 is 5.48 Å². The zero-order valence-corrected chi connectivity index (χ0v) is 9.03. The molecule has 0 aromatic carbocycles. The van der Waals surface area contributed by atoms with E-state index in [2.05, 4.69) is 0 Å². The lowest BCUT2D eigenvalue weighted by Gasteiger charge is -2.25. The third kappa shape index (κ3) is 3.51. The van der Waals surface area contributed by atoms with E-state index in [4.69, 9.17) is 5.21 Å². The van der Waals surface area contributed by atoms with Crippen LogP contribution in [0, 0.1) is 5.92 Å². The average Bonchev–Trinajstić information content (AvgIpc) is 2.29. The first-order chi connectivity index (χ1) is 7.15. The normalized spacial score (nSPS) is 17.2. The molecule has 1 fully saturated rings. The molecule has 0 aromatic rings. The highest BCUT2D eigenvalue weighted by atomic mass is 16.5. The Balaban J connectivity index is 2.40. The van der Waals surface area contributed by atoms with Gasteiger partial charge in [-0.2, -0.15) is 0 Å². The molecular formula is C10H18N2O3. The van der Waals surface area contributed by atoms with E-state index < -0.39 is 5.91 Å². The number of carbonyl (C=O) groups excluding carboxylic acids is 2. The van der Waals surface area contributed by atoms with Crippen molar-refractivity contribution in [3.63, 3.8) is 0 Å². The van der Waals surface area contributed by atoms with Crippen LogP contribution in [0.5, 0.6) is 0 Å². The molecule has 0 spiro atoms. The molecule has 0 unspecified atom stereocenters. The minimum atomic E-state index is -0.554. The highest BCUT2D eigenvalue weighted by Gasteiger charge is 2.24. The number of hydroxylamine groups is 1. The maximum absolute atomic E-state index is 11.8. The van der Waals surface area contributed by atoms with Gasteiger partial charge in [0.1, 0.15) is 6.54 Å². The second-order valence-electron chi connectivity index (χ2n) is 4.06. The van der Waals surface area contributed by atoms with Crippen LogP contribution in [0.4, 0.5) is 0 Å². The first-order valence-electron chi connectivity index (χ1n) is 5.33. The van der Waals surface area contributed by atoms with Gasteiger partial charge in [0.25, 0.3) is 5.91 Å². The lowest BCUT2D eigenvalue weighted by molar-refractivity contribution is -0.141. The standard InChI is InChI=1S/C10H18N2O3/c1-12(7-9(13)11-15)10(14)8-5-3-2-4-6-8/h8,15H,2-7H2,1H3,(H,11,13). The van der Waals surface area contributed by atoms with Gasteiger partial charge in [0.15, 0.2) is 0 Å². The summed E-state index contributed by atoms with van der Waals surface area (Å²) < 4.78 is 0. The van der Waals surface area contributed by atoms with E-state index in [0.29, 0.717) is 0 Å². The summed E-state index contributed by atoms with van der Waals surface area (Å²) in [7, 11) is 1.59. The second kappa shape index (κ2) is 5.70. The molecule has 0 bridgehead atoms. The lowest BCUT2D eigenvalue weighted by atomic mass is 9.88. The molecule has 0 heterocycles. The molecule has 1 aliphatic rings. The summed E-state index contributed by atoms with van der Waals surface area (Å²) in [4.78, 5) is 24.0. The number of nitrogens with zero attached hydrogens (tertiary/aromatic N) is 1. The van der Waals surface area contributed by atoms with Crippen molar-refractivity contribution in [2.75, 3.05) is 13.6 Å². The molecular weight excluding hydrogens is 196 g/mol. The maximum Gasteiger partial charge on any atom is 0.262 e. The SMILES string of the molecule is CN(CC(=O)NO)C(=O)C1CCCCC1. The molecule has 0 radical (unpaired) electrons. The average molecular weight is 214 g/mol. The van der Waals surface area contributed by atoms with Gasteiger partial charge in [0.2, 0.25) is 5.91 Å². The van der Waals surface area contributed by atoms with Crippen LogP contribution in [0.2, 0.25) is 0 Å². The summed E-state index contributed by atoms with van der Waals surface area (Å²) in [5, 5.41) is 8.34. The Morgan fingerprint density at radius 2 is 1.93 bits per heavy atom. The third-order valence-corrected chi connectivity index (χ3v) is 2.84. The fraction of sp³-hybridized carbons (Fsp3) is 0.800. The van der Waals surface area contributed by atoms with Crippen LogP contribution >= 0.6 is 0 Å². The summed E-state index contributed by atoms with van der Waals surface area (Å²) in [5.74, 6) is -0.477. The maximum atomic E-state index is 11.8. The Bertz CT molecular complexity index is 237. The van der Waals surface area contributed by atoms with Crippen molar-refractivity contribution in [3.8, 4) is 0 Å². The largest absolute Gasteiger partial charge is 0.336 e. The van der Waals surface area contributed by atoms with Gasteiger partial charge in [-0.25, -0.2) is 5.48 Å².